The van der Waals surface area contributed by atoms with Crippen molar-refractivity contribution in [2.24, 2.45) is 0 Å². The lowest BCUT2D eigenvalue weighted by Gasteiger charge is -2.22. The summed E-state index contributed by atoms with van der Waals surface area (Å²) in [5, 5.41) is 4.50. The van der Waals surface area contributed by atoms with E-state index >= 15 is 0 Å². The van der Waals surface area contributed by atoms with Crippen LogP contribution in [0.5, 0.6) is 0 Å². The summed E-state index contributed by atoms with van der Waals surface area (Å²) >= 11 is 3.51. The Balaban J connectivity index is 1.82. The van der Waals surface area contributed by atoms with Gasteiger partial charge in [0, 0.05) is 41.6 Å². The third-order valence-electron chi connectivity index (χ3n) is 3.66. The van der Waals surface area contributed by atoms with Crippen molar-refractivity contribution in [1.29, 1.82) is 0 Å². The van der Waals surface area contributed by atoms with Gasteiger partial charge in [-0.2, -0.15) is 5.10 Å². The molecule has 3 rings (SSSR count). The number of ether oxygens (including phenoxy) is 1. The molecule has 0 fully saturated rings. The van der Waals surface area contributed by atoms with Gasteiger partial charge in [-0.25, -0.2) is 0 Å². The first kappa shape index (κ1) is 15.9. The Bertz CT molecular complexity index is 748. The molecule has 0 amide bonds. The van der Waals surface area contributed by atoms with Gasteiger partial charge in [0.15, 0.2) is 0 Å². The van der Waals surface area contributed by atoms with Crippen molar-refractivity contribution in [2.45, 2.75) is 13.5 Å². The SMILES string of the molecule is CCOC1=CCN(C)C=C1c1cnn(Cc2cccc(Br)c2)c1. The lowest BCUT2D eigenvalue weighted by atomic mass is 10.1. The fraction of sp³-hybridized carbons (Fsp3) is 0.278. The smallest absolute Gasteiger partial charge is 0.126 e. The summed E-state index contributed by atoms with van der Waals surface area (Å²) in [6.07, 6.45) is 8.20. The van der Waals surface area contributed by atoms with Crippen LogP contribution in [0.3, 0.4) is 0 Å². The highest BCUT2D eigenvalue weighted by Gasteiger charge is 2.16. The third-order valence-corrected chi connectivity index (χ3v) is 4.15. The standard InChI is InChI=1S/C18H20BrN3O/c1-3-23-18-7-8-21(2)13-17(18)15-10-20-22(12-15)11-14-5-4-6-16(19)9-14/h4-7,9-10,12-13H,3,8,11H2,1-2H3. The summed E-state index contributed by atoms with van der Waals surface area (Å²) in [4.78, 5) is 2.14. The molecule has 1 aromatic carbocycles. The second-order valence-corrected chi connectivity index (χ2v) is 6.46. The predicted octanol–water partition coefficient (Wildman–Crippen LogP) is 3.90. The molecule has 1 aliphatic heterocycles. The first-order valence-corrected chi connectivity index (χ1v) is 8.47. The Morgan fingerprint density at radius 3 is 3.00 bits per heavy atom. The van der Waals surface area contributed by atoms with Gasteiger partial charge in [-0.1, -0.05) is 28.1 Å². The lowest BCUT2D eigenvalue weighted by molar-refractivity contribution is 0.240. The number of hydrogen-bond donors (Lipinski definition) is 0. The van der Waals surface area contributed by atoms with Crippen LogP contribution in [-0.4, -0.2) is 34.9 Å². The predicted molar refractivity (Wildman–Crippen MR) is 95.8 cm³/mol. The topological polar surface area (TPSA) is 30.3 Å². The van der Waals surface area contributed by atoms with E-state index in [-0.39, 0.29) is 0 Å². The summed E-state index contributed by atoms with van der Waals surface area (Å²) in [6, 6.07) is 8.28. The summed E-state index contributed by atoms with van der Waals surface area (Å²) < 4.78 is 8.80. The second kappa shape index (κ2) is 7.04. The summed E-state index contributed by atoms with van der Waals surface area (Å²) in [5.74, 6) is 0.938. The molecule has 5 heteroatoms. The number of allylic oxidation sites excluding steroid dienone is 1. The van der Waals surface area contributed by atoms with E-state index in [0.717, 1.165) is 34.5 Å². The van der Waals surface area contributed by atoms with Crippen molar-refractivity contribution in [3.8, 4) is 0 Å². The molecule has 0 aliphatic carbocycles. The van der Waals surface area contributed by atoms with E-state index < -0.39 is 0 Å². The number of benzene rings is 1. The number of nitrogens with zero attached hydrogens (tertiary/aromatic N) is 3. The normalized spacial score (nSPS) is 14.5. The number of likely N-dealkylation sites (N-methyl/N-ethyl adjacent to an activating group) is 1. The molecule has 4 nitrogen and oxygen atoms in total. The molecule has 0 saturated carbocycles. The first-order chi connectivity index (χ1) is 11.2. The molecule has 2 aromatic rings. The number of halogens is 1. The van der Waals surface area contributed by atoms with Crippen LogP contribution in [-0.2, 0) is 11.3 Å². The molecular weight excluding hydrogens is 354 g/mol. The Morgan fingerprint density at radius 2 is 2.22 bits per heavy atom. The largest absolute Gasteiger partial charge is 0.493 e. The van der Waals surface area contributed by atoms with E-state index in [2.05, 4.69) is 63.6 Å². The van der Waals surface area contributed by atoms with Crippen LogP contribution in [0.4, 0.5) is 0 Å². The zero-order valence-corrected chi connectivity index (χ0v) is 15.0. The zero-order valence-electron chi connectivity index (χ0n) is 13.4. The van der Waals surface area contributed by atoms with Crippen LogP contribution in [0, 0.1) is 0 Å². The summed E-state index contributed by atoms with van der Waals surface area (Å²) in [5.41, 5.74) is 3.37. The molecule has 120 valence electrons. The molecule has 0 spiro atoms. The van der Waals surface area contributed by atoms with Gasteiger partial charge in [0.25, 0.3) is 0 Å². The third kappa shape index (κ3) is 3.85. The van der Waals surface area contributed by atoms with Gasteiger partial charge in [-0.15, -0.1) is 0 Å². The number of aromatic nitrogens is 2. The monoisotopic (exact) mass is 373 g/mol. The van der Waals surface area contributed by atoms with E-state index in [1.165, 1.54) is 5.56 Å². The molecule has 2 heterocycles. The fourth-order valence-corrected chi connectivity index (χ4v) is 3.04. The highest BCUT2D eigenvalue weighted by molar-refractivity contribution is 9.10. The number of hydrogen-bond acceptors (Lipinski definition) is 3. The van der Waals surface area contributed by atoms with E-state index in [0.29, 0.717) is 6.61 Å². The fourth-order valence-electron chi connectivity index (χ4n) is 2.59. The second-order valence-electron chi connectivity index (χ2n) is 5.54. The van der Waals surface area contributed by atoms with Crippen LogP contribution in [0.15, 0.2) is 59.2 Å². The van der Waals surface area contributed by atoms with Crippen molar-refractivity contribution in [3.63, 3.8) is 0 Å². The minimum absolute atomic E-state index is 0.666. The van der Waals surface area contributed by atoms with E-state index in [4.69, 9.17) is 4.74 Å². The van der Waals surface area contributed by atoms with Gasteiger partial charge < -0.3 is 9.64 Å². The number of rotatable bonds is 5. The average molecular weight is 374 g/mol. The molecule has 0 bridgehead atoms. The minimum atomic E-state index is 0.666. The quantitative estimate of drug-likeness (QED) is 0.795. The Hall–Kier alpha value is -2.01. The molecule has 0 unspecified atom stereocenters. The van der Waals surface area contributed by atoms with E-state index in [9.17, 15) is 0 Å². The van der Waals surface area contributed by atoms with Crippen LogP contribution in [0.2, 0.25) is 0 Å². The maximum absolute atomic E-state index is 5.76. The van der Waals surface area contributed by atoms with Crippen LogP contribution < -0.4 is 0 Å². The Kier molecular flexibility index (Phi) is 4.86. The summed E-state index contributed by atoms with van der Waals surface area (Å²) in [6.45, 7) is 4.29. The Morgan fingerprint density at radius 1 is 1.35 bits per heavy atom. The zero-order chi connectivity index (χ0) is 16.2. The van der Waals surface area contributed by atoms with Gasteiger partial charge in [0.1, 0.15) is 5.76 Å². The molecule has 23 heavy (non-hydrogen) atoms. The lowest BCUT2D eigenvalue weighted by Crippen LogP contribution is -2.17. The van der Waals surface area contributed by atoms with Gasteiger partial charge in [-0.05, 0) is 30.7 Å². The Labute approximate surface area is 145 Å². The van der Waals surface area contributed by atoms with Crippen molar-refractivity contribution in [1.82, 2.24) is 14.7 Å². The maximum atomic E-state index is 5.76. The van der Waals surface area contributed by atoms with E-state index in [1.807, 2.05) is 29.9 Å². The van der Waals surface area contributed by atoms with Crippen molar-refractivity contribution < 1.29 is 4.74 Å². The highest BCUT2D eigenvalue weighted by Crippen LogP contribution is 2.27. The molecular formula is C18H20BrN3O. The van der Waals surface area contributed by atoms with Gasteiger partial charge in [0.2, 0.25) is 0 Å². The van der Waals surface area contributed by atoms with Crippen LogP contribution >= 0.6 is 15.9 Å². The van der Waals surface area contributed by atoms with Crippen LogP contribution in [0.25, 0.3) is 5.57 Å². The average Bonchev–Trinajstić information content (AvgIpc) is 2.97. The minimum Gasteiger partial charge on any atom is -0.493 e. The van der Waals surface area contributed by atoms with Crippen molar-refractivity contribution in [2.75, 3.05) is 20.2 Å². The molecule has 0 atom stereocenters. The molecule has 0 N–H and O–H groups in total. The van der Waals surface area contributed by atoms with Crippen LogP contribution in [0.1, 0.15) is 18.1 Å². The molecule has 0 radical (unpaired) electrons. The van der Waals surface area contributed by atoms with Gasteiger partial charge in [0.05, 0.1) is 19.3 Å². The van der Waals surface area contributed by atoms with E-state index in [1.54, 1.807) is 0 Å². The molecule has 1 aromatic heterocycles. The van der Waals surface area contributed by atoms with Crippen molar-refractivity contribution >= 4 is 21.5 Å². The van der Waals surface area contributed by atoms with Gasteiger partial charge in [-0.3, -0.25) is 4.68 Å². The van der Waals surface area contributed by atoms with Crippen molar-refractivity contribution in [3.05, 3.63) is 70.3 Å². The molecule has 0 saturated heterocycles. The highest BCUT2D eigenvalue weighted by atomic mass is 79.9. The summed E-state index contributed by atoms with van der Waals surface area (Å²) in [7, 11) is 2.06. The van der Waals surface area contributed by atoms with Gasteiger partial charge >= 0.3 is 0 Å². The maximum Gasteiger partial charge on any atom is 0.126 e. The molecule has 1 aliphatic rings. The first-order valence-electron chi connectivity index (χ1n) is 7.68.